The quantitative estimate of drug-likeness (QED) is 0.670. The van der Waals surface area contributed by atoms with Gasteiger partial charge >= 0.3 is 0 Å². The number of carbonyl (C=O) groups excluding carboxylic acids is 2. The van der Waals surface area contributed by atoms with Gasteiger partial charge in [0.05, 0.1) is 17.2 Å². The monoisotopic (exact) mass is 461 g/mol. The number of anilines is 1. The highest BCUT2D eigenvalue weighted by Gasteiger charge is 2.25. The molecule has 0 saturated carbocycles. The second kappa shape index (κ2) is 7.87. The van der Waals surface area contributed by atoms with Crippen LogP contribution in [0.25, 0.3) is 0 Å². The highest BCUT2D eigenvalue weighted by atomic mass is 127. The Morgan fingerprint density at radius 3 is 2.42 bits per heavy atom. The van der Waals surface area contributed by atoms with Gasteiger partial charge in [0.25, 0.3) is 11.8 Å². The summed E-state index contributed by atoms with van der Waals surface area (Å²) in [6, 6.07) is 12.9. The number of aryl methyl sites for hydroxylation is 2. The van der Waals surface area contributed by atoms with Crippen LogP contribution in [-0.4, -0.2) is 17.4 Å². The van der Waals surface area contributed by atoms with Crippen LogP contribution in [0.1, 0.15) is 45.7 Å². The van der Waals surface area contributed by atoms with Crippen molar-refractivity contribution in [1.82, 2.24) is 5.32 Å². The first-order valence-electron chi connectivity index (χ1n) is 8.05. The first-order valence-corrected chi connectivity index (χ1v) is 9.13. The number of amides is 2. The Bertz CT molecular complexity index is 914. The van der Waals surface area contributed by atoms with E-state index in [1.165, 1.54) is 0 Å². The Morgan fingerprint density at radius 1 is 1.12 bits per heavy atom. The van der Waals surface area contributed by atoms with Crippen molar-refractivity contribution in [2.45, 2.75) is 33.2 Å². The number of carbonyl (C=O) groups is 2. The minimum absolute atomic E-state index is 0.263. The van der Waals surface area contributed by atoms with E-state index in [9.17, 15) is 9.59 Å². The van der Waals surface area contributed by atoms with Crippen LogP contribution < -0.4 is 10.6 Å². The zero-order chi connectivity index (χ0) is 19.5. The summed E-state index contributed by atoms with van der Waals surface area (Å²) in [6.45, 7) is 7.12. The van der Waals surface area contributed by atoms with Crippen LogP contribution in [0.5, 0.6) is 0 Å². The fraction of sp³-hybridized carbons (Fsp3) is 0.250. The summed E-state index contributed by atoms with van der Waals surface area (Å²) in [5, 5.41) is 14.7. The largest absolute Gasteiger partial charge is 0.334 e. The molecule has 134 valence electrons. The third-order valence-corrected chi connectivity index (χ3v) is 4.72. The van der Waals surface area contributed by atoms with Crippen molar-refractivity contribution in [2.24, 2.45) is 0 Å². The van der Waals surface area contributed by atoms with Crippen LogP contribution in [0.2, 0.25) is 0 Å². The molecular weight excluding hydrogens is 441 g/mol. The lowest BCUT2D eigenvalue weighted by Crippen LogP contribution is -2.43. The summed E-state index contributed by atoms with van der Waals surface area (Å²) in [7, 11) is 0. The molecular formula is C20H20IN3O2. The number of hydrogen-bond donors (Lipinski definition) is 2. The Morgan fingerprint density at radius 2 is 1.81 bits per heavy atom. The molecule has 2 aromatic rings. The van der Waals surface area contributed by atoms with Gasteiger partial charge in [0.1, 0.15) is 5.54 Å². The van der Waals surface area contributed by atoms with E-state index in [4.69, 9.17) is 5.26 Å². The highest BCUT2D eigenvalue weighted by Crippen LogP contribution is 2.22. The van der Waals surface area contributed by atoms with E-state index >= 15 is 0 Å². The van der Waals surface area contributed by atoms with Gasteiger partial charge in [0.15, 0.2) is 0 Å². The smallest absolute Gasteiger partial charge is 0.256 e. The van der Waals surface area contributed by atoms with Crippen molar-refractivity contribution in [3.63, 3.8) is 0 Å². The van der Waals surface area contributed by atoms with Crippen molar-refractivity contribution >= 4 is 40.1 Å². The third kappa shape index (κ3) is 4.61. The van der Waals surface area contributed by atoms with Crippen molar-refractivity contribution in [3.8, 4) is 6.07 Å². The molecule has 0 aromatic heterocycles. The lowest BCUT2D eigenvalue weighted by Gasteiger charge is -2.19. The molecule has 0 saturated heterocycles. The summed E-state index contributed by atoms with van der Waals surface area (Å²) in [4.78, 5) is 25.5. The SMILES string of the molecule is Cc1ccc(NC(=O)c2cccc(I)c2C(=O)NC(C)(C)C#N)c(C)c1. The minimum Gasteiger partial charge on any atom is -0.334 e. The summed E-state index contributed by atoms with van der Waals surface area (Å²) in [5.74, 6) is -0.817. The first-order chi connectivity index (χ1) is 12.1. The second-order valence-corrected chi connectivity index (χ2v) is 7.79. The predicted octanol–water partition coefficient (Wildman–Crippen LogP) is 4.19. The summed E-state index contributed by atoms with van der Waals surface area (Å²) < 4.78 is 0.641. The van der Waals surface area contributed by atoms with Crippen molar-refractivity contribution in [2.75, 3.05) is 5.32 Å². The number of hydrogen-bond acceptors (Lipinski definition) is 3. The van der Waals surface area contributed by atoms with E-state index in [2.05, 4.69) is 10.6 Å². The van der Waals surface area contributed by atoms with Crippen molar-refractivity contribution in [1.29, 1.82) is 5.26 Å². The van der Waals surface area contributed by atoms with Gasteiger partial charge in [-0.3, -0.25) is 9.59 Å². The molecule has 0 aliphatic rings. The molecule has 2 aromatic carbocycles. The molecule has 0 heterocycles. The number of rotatable bonds is 4. The van der Waals surface area contributed by atoms with E-state index in [1.807, 2.05) is 60.7 Å². The van der Waals surface area contributed by atoms with Gasteiger partial charge in [-0.2, -0.15) is 5.26 Å². The molecule has 6 heteroatoms. The van der Waals surface area contributed by atoms with E-state index < -0.39 is 11.4 Å². The average Bonchev–Trinajstić information content (AvgIpc) is 2.56. The fourth-order valence-electron chi connectivity index (χ4n) is 2.46. The molecule has 5 nitrogen and oxygen atoms in total. The molecule has 0 atom stereocenters. The maximum atomic E-state index is 12.8. The predicted molar refractivity (Wildman–Crippen MR) is 110 cm³/mol. The van der Waals surface area contributed by atoms with Gasteiger partial charge in [-0.25, -0.2) is 0 Å². The van der Waals surface area contributed by atoms with Gasteiger partial charge in [0.2, 0.25) is 0 Å². The zero-order valence-electron chi connectivity index (χ0n) is 15.1. The molecule has 0 spiro atoms. The van der Waals surface area contributed by atoms with Crippen LogP contribution in [0.4, 0.5) is 5.69 Å². The van der Waals surface area contributed by atoms with Crippen LogP contribution in [0.15, 0.2) is 36.4 Å². The maximum absolute atomic E-state index is 12.8. The van der Waals surface area contributed by atoms with Gasteiger partial charge in [-0.1, -0.05) is 23.8 Å². The number of halogens is 1. The molecule has 0 unspecified atom stereocenters. The Kier molecular flexibility index (Phi) is 6.03. The number of benzene rings is 2. The van der Waals surface area contributed by atoms with E-state index in [-0.39, 0.29) is 17.0 Å². The third-order valence-electron chi connectivity index (χ3n) is 3.82. The first kappa shape index (κ1) is 19.9. The van der Waals surface area contributed by atoms with Crippen LogP contribution >= 0.6 is 22.6 Å². The Balaban J connectivity index is 2.38. The van der Waals surface area contributed by atoms with Gasteiger partial charge < -0.3 is 10.6 Å². The zero-order valence-corrected chi connectivity index (χ0v) is 17.3. The molecule has 2 amide bonds. The number of nitriles is 1. The highest BCUT2D eigenvalue weighted by molar-refractivity contribution is 14.1. The van der Waals surface area contributed by atoms with Gasteiger partial charge in [-0.05, 0) is 74.0 Å². The van der Waals surface area contributed by atoms with Crippen molar-refractivity contribution in [3.05, 3.63) is 62.2 Å². The summed E-state index contributed by atoms with van der Waals surface area (Å²) in [6.07, 6.45) is 0. The maximum Gasteiger partial charge on any atom is 0.256 e. The minimum atomic E-state index is -1.03. The molecule has 0 radical (unpaired) electrons. The molecule has 26 heavy (non-hydrogen) atoms. The molecule has 0 fully saturated rings. The van der Waals surface area contributed by atoms with E-state index in [0.717, 1.165) is 11.1 Å². The van der Waals surface area contributed by atoms with Gasteiger partial charge in [0, 0.05) is 9.26 Å². The lowest BCUT2D eigenvalue weighted by atomic mass is 10.0. The van der Waals surface area contributed by atoms with Crippen LogP contribution in [0.3, 0.4) is 0 Å². The Labute approximate surface area is 166 Å². The topological polar surface area (TPSA) is 82.0 Å². The van der Waals surface area contributed by atoms with E-state index in [0.29, 0.717) is 9.26 Å². The van der Waals surface area contributed by atoms with Crippen molar-refractivity contribution < 1.29 is 9.59 Å². The summed E-state index contributed by atoms with van der Waals surface area (Å²) >= 11 is 2.02. The molecule has 0 aliphatic heterocycles. The van der Waals surface area contributed by atoms with Crippen LogP contribution in [0, 0.1) is 28.7 Å². The number of nitrogens with one attached hydrogen (secondary N) is 2. The van der Waals surface area contributed by atoms with Crippen LogP contribution in [-0.2, 0) is 0 Å². The van der Waals surface area contributed by atoms with E-state index in [1.54, 1.807) is 32.0 Å². The standard InChI is InChI=1S/C20H20IN3O2/c1-12-8-9-16(13(2)10-12)23-18(25)14-6-5-7-15(21)17(14)19(26)24-20(3,4)11-22/h5-10H,1-4H3,(H,23,25)(H,24,26). The molecule has 0 bridgehead atoms. The summed E-state index contributed by atoms with van der Waals surface area (Å²) in [5.41, 5.74) is 2.25. The fourth-order valence-corrected chi connectivity index (χ4v) is 3.20. The van der Waals surface area contributed by atoms with Gasteiger partial charge in [-0.15, -0.1) is 0 Å². The lowest BCUT2D eigenvalue weighted by molar-refractivity contribution is 0.0917. The second-order valence-electron chi connectivity index (χ2n) is 6.63. The molecule has 0 aliphatic carbocycles. The molecule has 2 N–H and O–H groups in total. The number of nitrogens with zero attached hydrogens (tertiary/aromatic N) is 1. The normalized spacial score (nSPS) is 10.8. The molecule has 2 rings (SSSR count). The average molecular weight is 461 g/mol. The Hall–Kier alpha value is -2.40.